The second kappa shape index (κ2) is 36.6. The predicted octanol–water partition coefficient (Wildman–Crippen LogP) is 0.189. The lowest BCUT2D eigenvalue weighted by molar-refractivity contribution is -0.294. The Morgan fingerprint density at radius 3 is 1.36 bits per heavy atom. The fourth-order valence-corrected chi connectivity index (χ4v) is 8.86. The zero-order valence-electron chi connectivity index (χ0n) is 52.8. The number of hydrogen-bond donors (Lipinski definition) is 12. The van der Waals surface area contributed by atoms with Crippen LogP contribution in [0.25, 0.3) is 11.1 Å². The van der Waals surface area contributed by atoms with Gasteiger partial charge in [-0.05, 0) is 109 Å². The maximum atomic E-state index is 13.1. The van der Waals surface area contributed by atoms with Gasteiger partial charge in [0.15, 0.2) is 25.8 Å². The lowest BCUT2D eigenvalue weighted by Gasteiger charge is -2.38. The molecule has 2 aliphatic rings. The van der Waals surface area contributed by atoms with Crippen molar-refractivity contribution < 1.29 is 102 Å². The SMILES string of the molecule is C[C@@H]1O[C@@H](OCCOCCNC(=O)C(C)(C)CCOC(C)(C)CCNC(=O)COc2ccc(-c3cc(OCC(=O)NCCC(C)(C)OCCC(C)(C)C(=O)NCCOCCO[C@@H]4O[C@@H](C)[C@H](O)[C@@H](O)[C@H]4O)cc(C(=O)NCCN)c3)cc2)[C@H](O)[C@H](O)[C@H]1O. The standard InChI is InChI=1S/C61H100N6O21/c1-38-47(70)49(72)51(74)54(87-38)81-31-29-79-27-23-66-56(77)58(3,4)17-25-85-60(7,8)15-20-63-45(68)36-83-43-13-11-40(12-14-43)41-33-42(53(76)65-22-19-62)35-44(34-41)84-37-46(69)64-21-16-61(9,10)86-26-18-59(5,6)57(78)67-24-28-80-30-32-82-55-52(75)50(73)48(71)39(2)88-55/h11-14,33-35,38-39,47-52,54-55,70-75H,15-32,36-37,62H2,1-10H3,(H,63,68)(H,64,69)(H,65,76)(H,66,77)(H,67,78)/t38-,39-,47-,48-,49+,50+,51+,52+,54+,55+/m0/s1. The van der Waals surface area contributed by atoms with E-state index in [0.717, 1.165) is 0 Å². The molecule has 0 bridgehead atoms. The minimum Gasteiger partial charge on any atom is -0.484 e. The molecule has 0 aromatic heterocycles. The summed E-state index contributed by atoms with van der Waals surface area (Å²) in [7, 11) is 0. The molecule has 500 valence electrons. The van der Waals surface area contributed by atoms with E-state index in [1.807, 2.05) is 55.4 Å². The van der Waals surface area contributed by atoms with Gasteiger partial charge >= 0.3 is 0 Å². The zero-order valence-corrected chi connectivity index (χ0v) is 52.8. The van der Waals surface area contributed by atoms with Crippen molar-refractivity contribution in [1.29, 1.82) is 0 Å². The second-order valence-electron chi connectivity index (χ2n) is 24.4. The van der Waals surface area contributed by atoms with Gasteiger partial charge in [-0.15, -0.1) is 0 Å². The molecule has 2 aromatic carbocycles. The van der Waals surface area contributed by atoms with E-state index in [1.54, 1.807) is 50.2 Å². The number of nitrogens with one attached hydrogen (secondary N) is 5. The maximum absolute atomic E-state index is 13.1. The van der Waals surface area contributed by atoms with Crippen molar-refractivity contribution in [1.82, 2.24) is 26.6 Å². The molecular formula is C61H100N6O21. The van der Waals surface area contributed by atoms with Gasteiger partial charge in [-0.1, -0.05) is 39.8 Å². The van der Waals surface area contributed by atoms with E-state index in [4.69, 9.17) is 53.1 Å². The van der Waals surface area contributed by atoms with E-state index in [0.29, 0.717) is 55.7 Å². The Labute approximate surface area is 516 Å². The number of aliphatic hydroxyl groups excluding tert-OH is 6. The van der Waals surface area contributed by atoms with Crippen LogP contribution in [0, 0.1) is 10.8 Å². The molecule has 10 atom stereocenters. The monoisotopic (exact) mass is 1250 g/mol. The van der Waals surface area contributed by atoms with Crippen molar-refractivity contribution in [2.24, 2.45) is 16.6 Å². The van der Waals surface area contributed by atoms with Crippen molar-refractivity contribution in [3.8, 4) is 22.6 Å². The first-order valence-corrected chi connectivity index (χ1v) is 30.1. The summed E-state index contributed by atoms with van der Waals surface area (Å²) in [6.45, 7) is 20.4. The molecule has 2 heterocycles. The number of ether oxygens (including phenoxy) is 10. The molecule has 4 rings (SSSR count). The molecule has 2 aliphatic heterocycles. The number of amides is 5. The van der Waals surface area contributed by atoms with Crippen LogP contribution in [-0.4, -0.2) is 238 Å². The van der Waals surface area contributed by atoms with Crippen molar-refractivity contribution in [2.45, 2.75) is 168 Å². The molecule has 2 saturated heterocycles. The summed E-state index contributed by atoms with van der Waals surface area (Å²) in [5, 5.41) is 73.8. The number of carbonyl (C=O) groups excluding carboxylic acids is 5. The van der Waals surface area contributed by atoms with Gasteiger partial charge in [0, 0.05) is 68.9 Å². The molecule has 0 radical (unpaired) electrons. The average Bonchev–Trinajstić information content (AvgIpc) is 3.65. The molecular weight excluding hydrogens is 1150 g/mol. The van der Waals surface area contributed by atoms with E-state index in [2.05, 4.69) is 26.6 Å². The van der Waals surface area contributed by atoms with Crippen LogP contribution in [0.15, 0.2) is 42.5 Å². The second-order valence-corrected chi connectivity index (χ2v) is 24.4. The smallest absolute Gasteiger partial charge is 0.257 e. The summed E-state index contributed by atoms with van der Waals surface area (Å²) in [6.07, 6.45) is -9.86. The van der Waals surface area contributed by atoms with Gasteiger partial charge in [0.25, 0.3) is 17.7 Å². The molecule has 27 heteroatoms. The summed E-state index contributed by atoms with van der Waals surface area (Å²) in [5.74, 6) is -0.761. The minimum atomic E-state index is -1.40. The van der Waals surface area contributed by atoms with Crippen LogP contribution in [0.1, 0.15) is 105 Å². The van der Waals surface area contributed by atoms with Crippen molar-refractivity contribution >= 4 is 29.5 Å². The summed E-state index contributed by atoms with van der Waals surface area (Å²) in [4.78, 5) is 64.8. The van der Waals surface area contributed by atoms with Crippen LogP contribution >= 0.6 is 0 Å². The van der Waals surface area contributed by atoms with E-state index in [-0.39, 0.29) is 127 Å². The molecule has 2 fully saturated rings. The first-order chi connectivity index (χ1) is 41.5. The van der Waals surface area contributed by atoms with Gasteiger partial charge < -0.3 is 110 Å². The lowest BCUT2D eigenvalue weighted by atomic mass is 9.88. The Bertz CT molecular complexity index is 2450. The van der Waals surface area contributed by atoms with Gasteiger partial charge in [0.2, 0.25) is 11.8 Å². The van der Waals surface area contributed by atoms with E-state index in [9.17, 15) is 54.6 Å². The zero-order chi connectivity index (χ0) is 65.2. The van der Waals surface area contributed by atoms with Crippen LogP contribution in [0.2, 0.25) is 0 Å². The topological polar surface area (TPSA) is 385 Å². The average molecular weight is 1250 g/mol. The lowest BCUT2D eigenvalue weighted by Crippen LogP contribution is -2.57. The first kappa shape index (κ1) is 75.2. The summed E-state index contributed by atoms with van der Waals surface area (Å²) >= 11 is 0. The van der Waals surface area contributed by atoms with E-state index < -0.39 is 89.4 Å². The number of aliphatic hydroxyl groups is 6. The highest BCUT2D eigenvalue weighted by Gasteiger charge is 2.43. The first-order valence-electron chi connectivity index (χ1n) is 30.1. The molecule has 5 amide bonds. The molecule has 0 spiro atoms. The Morgan fingerprint density at radius 2 is 0.920 bits per heavy atom. The molecule has 0 saturated carbocycles. The fraction of sp³-hybridized carbons (Fsp3) is 0.721. The fourth-order valence-electron chi connectivity index (χ4n) is 8.86. The van der Waals surface area contributed by atoms with E-state index in [1.165, 1.54) is 6.07 Å². The number of carbonyl (C=O) groups is 5. The summed E-state index contributed by atoms with van der Waals surface area (Å²) in [6, 6.07) is 11.9. The minimum absolute atomic E-state index is 0.0596. The highest BCUT2D eigenvalue weighted by atomic mass is 16.7. The van der Waals surface area contributed by atoms with Gasteiger partial charge in [-0.2, -0.15) is 0 Å². The molecule has 0 aliphatic carbocycles. The van der Waals surface area contributed by atoms with Crippen LogP contribution in [0.4, 0.5) is 0 Å². The quantitative estimate of drug-likeness (QED) is 0.0396. The molecule has 0 unspecified atom stereocenters. The summed E-state index contributed by atoms with van der Waals surface area (Å²) in [5.41, 5.74) is 4.49. The number of nitrogens with two attached hydrogens (primary N) is 1. The highest BCUT2D eigenvalue weighted by Crippen LogP contribution is 2.30. The molecule has 27 nitrogen and oxygen atoms in total. The Morgan fingerprint density at radius 1 is 0.477 bits per heavy atom. The van der Waals surface area contributed by atoms with Crippen molar-refractivity contribution in [3.63, 3.8) is 0 Å². The van der Waals surface area contributed by atoms with Crippen molar-refractivity contribution in [3.05, 3.63) is 48.0 Å². The summed E-state index contributed by atoms with van der Waals surface area (Å²) < 4.78 is 56.7. The van der Waals surface area contributed by atoms with Crippen LogP contribution in [-0.2, 0) is 57.1 Å². The predicted molar refractivity (Wildman–Crippen MR) is 321 cm³/mol. The van der Waals surface area contributed by atoms with Crippen LogP contribution < -0.4 is 41.8 Å². The van der Waals surface area contributed by atoms with Gasteiger partial charge in [-0.3, -0.25) is 24.0 Å². The third-order valence-corrected chi connectivity index (χ3v) is 15.0. The Hall–Kier alpha value is -5.21. The Balaban J connectivity index is 1.11. The molecule has 88 heavy (non-hydrogen) atoms. The maximum Gasteiger partial charge on any atom is 0.257 e. The number of hydrogen-bond acceptors (Lipinski definition) is 22. The normalized spacial score (nSPS) is 22.6. The van der Waals surface area contributed by atoms with Gasteiger partial charge in [-0.25, -0.2) is 0 Å². The van der Waals surface area contributed by atoms with E-state index >= 15 is 0 Å². The third-order valence-electron chi connectivity index (χ3n) is 15.0. The van der Waals surface area contributed by atoms with Crippen LogP contribution in [0.5, 0.6) is 11.5 Å². The highest BCUT2D eigenvalue weighted by molar-refractivity contribution is 5.96. The van der Waals surface area contributed by atoms with Gasteiger partial charge in [0.05, 0.1) is 63.1 Å². The number of rotatable bonds is 40. The number of benzene rings is 2. The van der Waals surface area contributed by atoms with Crippen molar-refractivity contribution in [2.75, 3.05) is 105 Å². The molecule has 13 N–H and O–H groups in total. The van der Waals surface area contributed by atoms with Crippen LogP contribution in [0.3, 0.4) is 0 Å². The molecule has 2 aromatic rings. The van der Waals surface area contributed by atoms with Gasteiger partial charge in [0.1, 0.15) is 48.1 Å². The largest absolute Gasteiger partial charge is 0.484 e. The Kier molecular flexibility index (Phi) is 31.3. The third kappa shape index (κ3) is 25.9.